The number of β-amino-alcohol motifs (C(OH)–C–C–N with tert-alkyl or cyclic N) is 1. The molecule has 0 aliphatic carbocycles. The number of rotatable bonds is 3. The fourth-order valence-electron chi connectivity index (χ4n) is 2.17. The smallest absolute Gasteiger partial charge is 0.243 e. The Morgan fingerprint density at radius 2 is 2.10 bits per heavy atom. The molecule has 0 bridgehead atoms. The van der Waals surface area contributed by atoms with Crippen molar-refractivity contribution in [2.45, 2.75) is 25.0 Å². The van der Waals surface area contributed by atoms with Crippen LogP contribution in [0.5, 0.6) is 0 Å². The Labute approximate surface area is 127 Å². The lowest BCUT2D eigenvalue weighted by molar-refractivity contribution is 0.191. The van der Waals surface area contributed by atoms with Gasteiger partial charge in [0.25, 0.3) is 0 Å². The van der Waals surface area contributed by atoms with Crippen LogP contribution in [0.3, 0.4) is 0 Å². The molecule has 1 saturated heterocycles. The predicted molar refractivity (Wildman–Crippen MR) is 77.2 cm³/mol. The number of nitrogens with one attached hydrogen (secondary N) is 1. The van der Waals surface area contributed by atoms with Gasteiger partial charge in [0.05, 0.1) is 12.1 Å². The summed E-state index contributed by atoms with van der Waals surface area (Å²) in [6, 6.07) is 7.52. The maximum absolute atomic E-state index is 9.46. The summed E-state index contributed by atoms with van der Waals surface area (Å²) < 4.78 is 5.23. The standard InChI is InChI=1S/C13H14ClN3O2.ClH/c14-9-3-1-8(2-4-9)5-12-16-13(19-17-12)11-6-10(18)7-15-11;/h1-4,10-11,15,18H,5-7H2;1H/t10-,11-;/m0./s1. The summed E-state index contributed by atoms with van der Waals surface area (Å²) in [4.78, 5) is 4.36. The minimum Gasteiger partial charge on any atom is -0.392 e. The lowest BCUT2D eigenvalue weighted by Crippen LogP contribution is -2.15. The third-order valence-electron chi connectivity index (χ3n) is 3.17. The quantitative estimate of drug-likeness (QED) is 0.908. The van der Waals surface area contributed by atoms with Crippen LogP contribution in [0.15, 0.2) is 28.8 Å². The maximum atomic E-state index is 9.46. The number of hydrogen-bond donors (Lipinski definition) is 2. The molecule has 1 aliphatic rings. The summed E-state index contributed by atoms with van der Waals surface area (Å²) in [5.41, 5.74) is 1.08. The van der Waals surface area contributed by atoms with Gasteiger partial charge in [-0.3, -0.25) is 0 Å². The number of nitrogens with zero attached hydrogens (tertiary/aromatic N) is 2. The highest BCUT2D eigenvalue weighted by Crippen LogP contribution is 2.22. The van der Waals surface area contributed by atoms with Gasteiger partial charge in [-0.15, -0.1) is 12.4 Å². The number of benzene rings is 1. The summed E-state index contributed by atoms with van der Waals surface area (Å²) >= 11 is 5.84. The molecule has 3 rings (SSSR count). The summed E-state index contributed by atoms with van der Waals surface area (Å²) in [5, 5.41) is 17.3. The van der Waals surface area contributed by atoms with Gasteiger partial charge in [-0.1, -0.05) is 28.9 Å². The second-order valence-corrected chi connectivity index (χ2v) is 5.14. The largest absolute Gasteiger partial charge is 0.392 e. The van der Waals surface area contributed by atoms with E-state index in [0.717, 1.165) is 5.56 Å². The molecule has 20 heavy (non-hydrogen) atoms. The van der Waals surface area contributed by atoms with Crippen LogP contribution < -0.4 is 5.32 Å². The first-order valence-corrected chi connectivity index (χ1v) is 6.57. The van der Waals surface area contributed by atoms with Gasteiger partial charge in [-0.05, 0) is 24.1 Å². The number of aromatic nitrogens is 2. The molecule has 2 aromatic rings. The highest BCUT2D eigenvalue weighted by molar-refractivity contribution is 6.30. The van der Waals surface area contributed by atoms with Crippen molar-refractivity contribution in [3.05, 3.63) is 46.6 Å². The minimum absolute atomic E-state index is 0. The van der Waals surface area contributed by atoms with Crippen molar-refractivity contribution in [3.8, 4) is 0 Å². The van der Waals surface area contributed by atoms with Crippen LogP contribution in [0.2, 0.25) is 5.02 Å². The summed E-state index contributed by atoms with van der Waals surface area (Å²) in [5.74, 6) is 1.18. The topological polar surface area (TPSA) is 71.2 Å². The van der Waals surface area contributed by atoms with Gasteiger partial charge < -0.3 is 14.9 Å². The molecule has 1 fully saturated rings. The Morgan fingerprint density at radius 1 is 1.35 bits per heavy atom. The average Bonchev–Trinajstić information content (AvgIpc) is 3.01. The Morgan fingerprint density at radius 3 is 2.75 bits per heavy atom. The van der Waals surface area contributed by atoms with Crippen LogP contribution >= 0.6 is 24.0 Å². The van der Waals surface area contributed by atoms with E-state index in [1.54, 1.807) is 0 Å². The second kappa shape index (κ2) is 6.54. The van der Waals surface area contributed by atoms with Crippen molar-refractivity contribution in [2.24, 2.45) is 0 Å². The molecule has 1 aromatic carbocycles. The highest BCUT2D eigenvalue weighted by atomic mass is 35.5. The first kappa shape index (κ1) is 15.3. The molecular weight excluding hydrogens is 301 g/mol. The van der Waals surface area contributed by atoms with Gasteiger partial charge in [-0.2, -0.15) is 4.98 Å². The lowest BCUT2D eigenvalue weighted by Gasteiger charge is -2.01. The molecule has 1 aliphatic heterocycles. The van der Waals surface area contributed by atoms with Crippen molar-refractivity contribution >= 4 is 24.0 Å². The number of hydrogen-bond acceptors (Lipinski definition) is 5. The SMILES string of the molecule is Cl.O[C@@H]1CN[C@H](c2nc(Cc3ccc(Cl)cc3)no2)C1. The van der Waals surface area contributed by atoms with Gasteiger partial charge in [0, 0.05) is 18.0 Å². The van der Waals surface area contributed by atoms with Gasteiger partial charge in [0.1, 0.15) is 0 Å². The zero-order chi connectivity index (χ0) is 13.2. The Bertz CT molecular complexity index is 559. The lowest BCUT2D eigenvalue weighted by atomic mass is 10.1. The number of halogens is 2. The van der Waals surface area contributed by atoms with Gasteiger partial charge >= 0.3 is 0 Å². The van der Waals surface area contributed by atoms with Gasteiger partial charge in [-0.25, -0.2) is 0 Å². The van der Waals surface area contributed by atoms with Crippen LogP contribution in [0.4, 0.5) is 0 Å². The van der Waals surface area contributed by atoms with E-state index in [1.807, 2.05) is 24.3 Å². The molecule has 2 heterocycles. The Balaban J connectivity index is 0.00000147. The van der Waals surface area contributed by atoms with Crippen LogP contribution in [-0.2, 0) is 6.42 Å². The monoisotopic (exact) mass is 315 g/mol. The molecule has 0 spiro atoms. The van der Waals surface area contributed by atoms with Crippen molar-refractivity contribution < 1.29 is 9.63 Å². The summed E-state index contributed by atoms with van der Waals surface area (Å²) in [7, 11) is 0. The van der Waals surface area contributed by atoms with Crippen molar-refractivity contribution in [2.75, 3.05) is 6.54 Å². The summed E-state index contributed by atoms with van der Waals surface area (Å²) in [6.45, 7) is 0.569. The van der Waals surface area contributed by atoms with Gasteiger partial charge in [0.15, 0.2) is 5.82 Å². The van der Waals surface area contributed by atoms with E-state index in [1.165, 1.54) is 0 Å². The van der Waals surface area contributed by atoms with Crippen molar-refractivity contribution in [1.82, 2.24) is 15.5 Å². The molecule has 0 radical (unpaired) electrons. The molecule has 108 valence electrons. The fourth-order valence-corrected chi connectivity index (χ4v) is 2.30. The zero-order valence-corrected chi connectivity index (χ0v) is 12.2. The molecule has 5 nitrogen and oxygen atoms in total. The average molecular weight is 316 g/mol. The molecule has 7 heteroatoms. The highest BCUT2D eigenvalue weighted by Gasteiger charge is 2.27. The maximum Gasteiger partial charge on any atom is 0.243 e. The number of aliphatic hydroxyl groups excluding tert-OH is 1. The van der Waals surface area contributed by atoms with E-state index in [2.05, 4.69) is 15.5 Å². The normalized spacial score (nSPS) is 21.7. The van der Waals surface area contributed by atoms with Crippen LogP contribution in [-0.4, -0.2) is 27.9 Å². The Hall–Kier alpha value is -1.14. The zero-order valence-electron chi connectivity index (χ0n) is 10.6. The third kappa shape index (κ3) is 3.49. The molecule has 0 amide bonds. The van der Waals surface area contributed by atoms with Gasteiger partial charge in [0.2, 0.25) is 5.89 Å². The molecular formula is C13H15Cl2N3O2. The number of aliphatic hydroxyl groups is 1. The molecule has 2 atom stereocenters. The minimum atomic E-state index is -0.336. The first-order valence-electron chi connectivity index (χ1n) is 6.19. The van der Waals surface area contributed by atoms with E-state index in [0.29, 0.717) is 36.1 Å². The van der Waals surface area contributed by atoms with E-state index < -0.39 is 0 Å². The summed E-state index contributed by atoms with van der Waals surface area (Å²) in [6.07, 6.45) is 0.884. The van der Waals surface area contributed by atoms with E-state index in [-0.39, 0.29) is 24.6 Å². The first-order chi connectivity index (χ1) is 9.20. The molecule has 1 aromatic heterocycles. The van der Waals surface area contributed by atoms with Crippen LogP contribution in [0.1, 0.15) is 29.7 Å². The van der Waals surface area contributed by atoms with Crippen molar-refractivity contribution in [1.29, 1.82) is 0 Å². The van der Waals surface area contributed by atoms with Crippen molar-refractivity contribution in [3.63, 3.8) is 0 Å². The molecule has 0 unspecified atom stereocenters. The second-order valence-electron chi connectivity index (χ2n) is 4.70. The van der Waals surface area contributed by atoms with E-state index in [9.17, 15) is 5.11 Å². The van der Waals surface area contributed by atoms with E-state index in [4.69, 9.17) is 16.1 Å². The van der Waals surface area contributed by atoms with Crippen LogP contribution in [0.25, 0.3) is 0 Å². The molecule has 0 saturated carbocycles. The molecule has 2 N–H and O–H groups in total. The predicted octanol–water partition coefficient (Wildman–Crippen LogP) is 2.13. The van der Waals surface area contributed by atoms with E-state index >= 15 is 0 Å². The van der Waals surface area contributed by atoms with Crippen LogP contribution in [0, 0.1) is 0 Å². The third-order valence-corrected chi connectivity index (χ3v) is 3.42. The fraction of sp³-hybridized carbons (Fsp3) is 0.385. The Kier molecular flexibility index (Phi) is 4.99.